The Kier molecular flexibility index (Phi) is 7.03. The summed E-state index contributed by atoms with van der Waals surface area (Å²) in [6.07, 6.45) is 4.70. The number of fused-ring (bicyclic) bond motifs is 1. The number of hydrogen-bond acceptors (Lipinski definition) is 4. The van der Waals surface area contributed by atoms with Gasteiger partial charge in [-0.1, -0.05) is 44.0 Å². The van der Waals surface area contributed by atoms with Crippen molar-refractivity contribution in [2.75, 3.05) is 11.9 Å². The highest BCUT2D eigenvalue weighted by atomic mass is 19.1. The Morgan fingerprint density at radius 3 is 2.44 bits per heavy atom. The molecule has 0 spiro atoms. The summed E-state index contributed by atoms with van der Waals surface area (Å²) in [5.74, 6) is 1.28. The molecule has 0 saturated heterocycles. The largest absolute Gasteiger partial charge is 0.340 e. The fourth-order valence-corrected chi connectivity index (χ4v) is 4.32. The summed E-state index contributed by atoms with van der Waals surface area (Å²) in [6.45, 7) is 7.21. The molecule has 0 bridgehead atoms. The lowest BCUT2D eigenvalue weighted by Crippen LogP contribution is -2.52. The number of imidazole rings is 1. The molecule has 1 aliphatic heterocycles. The van der Waals surface area contributed by atoms with E-state index in [-0.39, 0.29) is 11.7 Å². The maximum Gasteiger partial charge on any atom is 0.242 e. The number of aryl methyl sites for hydroxylation is 1. The van der Waals surface area contributed by atoms with Crippen molar-refractivity contribution in [1.82, 2.24) is 14.5 Å². The highest BCUT2D eigenvalue weighted by Gasteiger charge is 2.32. The van der Waals surface area contributed by atoms with E-state index in [0.29, 0.717) is 19.6 Å². The van der Waals surface area contributed by atoms with E-state index in [1.54, 1.807) is 30.9 Å². The zero-order chi connectivity index (χ0) is 24.3. The molecule has 2 heterocycles. The summed E-state index contributed by atoms with van der Waals surface area (Å²) >= 11 is 0. The first-order valence-electron chi connectivity index (χ1n) is 12.1. The molecule has 0 fully saturated rings. The highest BCUT2D eigenvalue weighted by molar-refractivity contribution is 5.85. The molecule has 4 rings (SSSR count). The zero-order valence-electron chi connectivity index (χ0n) is 20.3. The van der Waals surface area contributed by atoms with Gasteiger partial charge < -0.3 is 20.5 Å². The zero-order valence-corrected chi connectivity index (χ0v) is 20.3. The fourth-order valence-electron chi connectivity index (χ4n) is 4.32. The Morgan fingerprint density at radius 1 is 1.09 bits per heavy atom. The van der Waals surface area contributed by atoms with Gasteiger partial charge in [0.1, 0.15) is 23.2 Å². The van der Waals surface area contributed by atoms with Crippen LogP contribution in [-0.2, 0) is 24.3 Å². The van der Waals surface area contributed by atoms with Gasteiger partial charge in [0, 0.05) is 24.3 Å². The van der Waals surface area contributed by atoms with E-state index in [0.717, 1.165) is 35.0 Å². The number of aromatic nitrogens is 2. The number of carbonyl (C=O) groups excluding carboxylic acids is 1. The number of carbonyl (C=O) groups is 1. The van der Waals surface area contributed by atoms with Crippen LogP contribution in [0, 0.1) is 5.82 Å². The summed E-state index contributed by atoms with van der Waals surface area (Å²) < 4.78 is 15.6. The van der Waals surface area contributed by atoms with E-state index in [1.807, 2.05) is 0 Å². The molecule has 1 aliphatic rings. The van der Waals surface area contributed by atoms with E-state index < -0.39 is 5.54 Å². The van der Waals surface area contributed by atoms with Crippen LogP contribution < -0.4 is 11.1 Å². The van der Waals surface area contributed by atoms with Crippen LogP contribution in [0.2, 0.25) is 0 Å². The Bertz CT molecular complexity index is 1130. The van der Waals surface area contributed by atoms with E-state index in [1.165, 1.54) is 37.0 Å². The molecule has 3 N–H and O–H groups in total. The van der Waals surface area contributed by atoms with Crippen LogP contribution in [0.3, 0.4) is 0 Å². The fraction of sp³-hybridized carbons (Fsp3) is 0.407. The number of benzene rings is 2. The summed E-state index contributed by atoms with van der Waals surface area (Å²) in [7, 11) is 0. The molecule has 3 aromatic rings. The smallest absolute Gasteiger partial charge is 0.242 e. The van der Waals surface area contributed by atoms with Gasteiger partial charge in [0.2, 0.25) is 5.91 Å². The van der Waals surface area contributed by atoms with Crippen LogP contribution in [0.4, 0.5) is 15.9 Å². The van der Waals surface area contributed by atoms with Crippen molar-refractivity contribution in [2.45, 2.75) is 65.1 Å². The number of nitrogens with one attached hydrogen (secondary N) is 1. The molecule has 0 atom stereocenters. The standard InChI is InChI=1S/C27H34FN5O/c1-4-5-6-7-19-8-10-20(11-9-19)24-25(30-22-14-12-21(28)13-15-22)33-17-16-32(18-23(33)31-24)26(34)27(2,3)29/h8-15,30H,4-7,16-18,29H2,1-3H3. The summed E-state index contributed by atoms with van der Waals surface area (Å²) in [6, 6.07) is 14.8. The molecule has 0 unspecified atom stereocenters. The summed E-state index contributed by atoms with van der Waals surface area (Å²) in [5.41, 5.74) is 9.06. The SMILES string of the molecule is CCCCCc1ccc(-c2nc3n(c2Nc2ccc(F)cc2)CCN(C(=O)C(C)(C)N)C3)cc1. The molecule has 0 saturated carbocycles. The van der Waals surface area contributed by atoms with E-state index in [4.69, 9.17) is 10.7 Å². The Hall–Kier alpha value is -3.19. The maximum atomic E-state index is 13.5. The molecule has 6 nitrogen and oxygen atoms in total. The molecular weight excluding hydrogens is 429 g/mol. The predicted octanol–water partition coefficient (Wildman–Crippen LogP) is 5.25. The van der Waals surface area contributed by atoms with Gasteiger partial charge >= 0.3 is 0 Å². The number of amides is 1. The third-order valence-electron chi connectivity index (χ3n) is 6.21. The van der Waals surface area contributed by atoms with Gasteiger partial charge in [-0.25, -0.2) is 9.37 Å². The predicted molar refractivity (Wildman–Crippen MR) is 134 cm³/mol. The number of halogens is 1. The molecule has 0 radical (unpaired) electrons. The van der Waals surface area contributed by atoms with E-state index in [9.17, 15) is 9.18 Å². The molecule has 0 aliphatic carbocycles. The highest BCUT2D eigenvalue weighted by Crippen LogP contribution is 2.34. The lowest BCUT2D eigenvalue weighted by Gasteiger charge is -2.33. The van der Waals surface area contributed by atoms with Gasteiger partial charge in [-0.2, -0.15) is 0 Å². The van der Waals surface area contributed by atoms with Crippen LogP contribution >= 0.6 is 0 Å². The second kappa shape index (κ2) is 9.97. The van der Waals surface area contributed by atoms with Crippen molar-refractivity contribution in [1.29, 1.82) is 0 Å². The quantitative estimate of drug-likeness (QED) is 0.448. The lowest BCUT2D eigenvalue weighted by atomic mass is 10.0. The number of rotatable bonds is 8. The molecule has 1 amide bonds. The third-order valence-corrected chi connectivity index (χ3v) is 6.21. The first kappa shape index (κ1) is 24.0. The monoisotopic (exact) mass is 463 g/mol. The number of nitrogens with zero attached hydrogens (tertiary/aromatic N) is 3. The topological polar surface area (TPSA) is 76.2 Å². The average molecular weight is 464 g/mol. The van der Waals surface area contributed by atoms with Crippen LogP contribution in [0.15, 0.2) is 48.5 Å². The molecule has 180 valence electrons. The van der Waals surface area contributed by atoms with Gasteiger partial charge in [0.05, 0.1) is 12.1 Å². The van der Waals surface area contributed by atoms with Crippen molar-refractivity contribution in [3.8, 4) is 11.3 Å². The van der Waals surface area contributed by atoms with Gasteiger partial charge in [-0.3, -0.25) is 4.79 Å². The first-order valence-corrected chi connectivity index (χ1v) is 12.1. The van der Waals surface area contributed by atoms with Crippen molar-refractivity contribution in [3.63, 3.8) is 0 Å². The van der Waals surface area contributed by atoms with Gasteiger partial charge in [-0.05, 0) is 56.5 Å². The Balaban J connectivity index is 1.67. The molecule has 2 aromatic carbocycles. The van der Waals surface area contributed by atoms with Gasteiger partial charge in [0.15, 0.2) is 0 Å². The lowest BCUT2D eigenvalue weighted by molar-refractivity contribution is -0.137. The number of unbranched alkanes of at least 4 members (excludes halogenated alkanes) is 2. The minimum absolute atomic E-state index is 0.0900. The number of nitrogens with two attached hydrogens (primary N) is 1. The molecule has 7 heteroatoms. The van der Waals surface area contributed by atoms with Crippen molar-refractivity contribution >= 4 is 17.4 Å². The van der Waals surface area contributed by atoms with Crippen LogP contribution in [0.5, 0.6) is 0 Å². The van der Waals surface area contributed by atoms with E-state index in [2.05, 4.69) is 41.1 Å². The van der Waals surface area contributed by atoms with Crippen molar-refractivity contribution in [3.05, 3.63) is 65.7 Å². The number of hydrogen-bond donors (Lipinski definition) is 2. The van der Waals surface area contributed by atoms with Crippen LogP contribution in [0.25, 0.3) is 11.3 Å². The van der Waals surface area contributed by atoms with Crippen LogP contribution in [-0.4, -0.2) is 32.4 Å². The minimum Gasteiger partial charge on any atom is -0.340 e. The third kappa shape index (κ3) is 5.30. The molecule has 34 heavy (non-hydrogen) atoms. The number of anilines is 2. The summed E-state index contributed by atoms with van der Waals surface area (Å²) in [4.78, 5) is 19.5. The first-order chi connectivity index (χ1) is 16.3. The Morgan fingerprint density at radius 2 is 1.79 bits per heavy atom. The minimum atomic E-state index is -0.930. The normalized spacial score (nSPS) is 13.6. The van der Waals surface area contributed by atoms with Crippen molar-refractivity contribution < 1.29 is 9.18 Å². The second-order valence-electron chi connectivity index (χ2n) is 9.61. The van der Waals surface area contributed by atoms with Gasteiger partial charge in [-0.15, -0.1) is 0 Å². The van der Waals surface area contributed by atoms with Crippen molar-refractivity contribution in [2.24, 2.45) is 5.73 Å². The van der Waals surface area contributed by atoms with Crippen LogP contribution in [0.1, 0.15) is 51.4 Å². The average Bonchev–Trinajstić information content (AvgIpc) is 3.17. The van der Waals surface area contributed by atoms with Gasteiger partial charge in [0.25, 0.3) is 0 Å². The summed E-state index contributed by atoms with van der Waals surface area (Å²) in [5, 5.41) is 3.44. The Labute approximate surface area is 201 Å². The molecular formula is C27H34FN5O. The molecule has 1 aromatic heterocycles. The maximum absolute atomic E-state index is 13.5. The second-order valence-corrected chi connectivity index (χ2v) is 9.61. The van der Waals surface area contributed by atoms with E-state index >= 15 is 0 Å².